The van der Waals surface area contributed by atoms with E-state index in [1.807, 2.05) is 0 Å². The molecular formula is C64H36N8O. The number of benzene rings is 10. The first kappa shape index (κ1) is 18.5. The number of aromatic nitrogens is 7. The van der Waals surface area contributed by atoms with E-state index in [-0.39, 0.29) is 0 Å². The van der Waals surface area contributed by atoms with Gasteiger partial charge in [-0.3, -0.25) is 9.13 Å². The molecule has 16 aromatic rings. The van der Waals surface area contributed by atoms with Gasteiger partial charge in [-0.2, -0.15) is 20.2 Å². The molecule has 6 aromatic heterocycles. The number of nitrogens with zero attached hydrogens (tertiary/aromatic N) is 8. The minimum absolute atomic E-state index is 0.602. The molecule has 0 aliphatic rings. The van der Waals surface area contributed by atoms with E-state index in [2.05, 4.69) is 0 Å². The van der Waals surface area contributed by atoms with Crippen molar-refractivity contribution in [3.8, 4) is 40.7 Å². The van der Waals surface area contributed by atoms with Crippen LogP contribution in [0.25, 0.3) is 144 Å². The van der Waals surface area contributed by atoms with Crippen molar-refractivity contribution in [2.24, 2.45) is 0 Å². The van der Waals surface area contributed by atoms with E-state index in [0.29, 0.717) is 18.3 Å². The molecule has 0 unspecified atom stereocenters. The Balaban J connectivity index is 1.30. The van der Waals surface area contributed by atoms with Crippen LogP contribution < -0.4 is 0 Å². The number of nitriles is 1. The van der Waals surface area contributed by atoms with Crippen LogP contribution in [0.4, 0.5) is 0 Å². The summed E-state index contributed by atoms with van der Waals surface area (Å²) in [5.74, 6) is -3.65. The summed E-state index contributed by atoms with van der Waals surface area (Å²) in [6, 6.07) is -36.1. The van der Waals surface area contributed by atoms with Gasteiger partial charge in [0.2, 0.25) is 11.9 Å². The standard InChI is InChI=1S/C64H36N8O/c65-37-38-32-34-54-47(36-38)44-21-6-8-23-48(44)69(54)55-29-15-30-56(70-49-24-9-5-20-43(49)45-33-35-58-59(61(45)70)46-22-7-14-31-57(46)73-58)60(55)62-66-63(71-50-25-10-1-16-39(50)40-17-2-11-26-51(40)71)68-64(67-62)72-52-27-12-3-18-41(52)42-19-4-13-28-53(42)72/h1-36H/i1D,2D,3D,4D,5D,6D,7D,8D,9D,10D,11D,12D,13D,14D,15D,16D,17D,18D,19D,20D,21D,22D,23D,24D,25D,26D,27D,28D,29D,30D,31D,32D,33D,34D,35D,36D. The topological polar surface area (TPSA) is 95.3 Å². The van der Waals surface area contributed by atoms with Gasteiger partial charge in [0.1, 0.15) is 11.2 Å². The highest BCUT2D eigenvalue weighted by Crippen LogP contribution is 2.45. The van der Waals surface area contributed by atoms with Crippen molar-refractivity contribution in [3.63, 3.8) is 0 Å². The summed E-state index contributed by atoms with van der Waals surface area (Å²) in [4.78, 5) is 14.6. The highest BCUT2D eigenvalue weighted by molar-refractivity contribution is 6.25. The van der Waals surface area contributed by atoms with Crippen LogP contribution in [-0.4, -0.2) is 33.2 Å². The van der Waals surface area contributed by atoms with Gasteiger partial charge in [0.15, 0.2) is 5.82 Å². The Labute approximate surface area is 465 Å². The smallest absolute Gasteiger partial charge is 0.240 e. The largest absolute Gasteiger partial charge is 0.456 e. The molecule has 0 spiro atoms. The van der Waals surface area contributed by atoms with Gasteiger partial charge in [0.05, 0.1) is 127 Å². The molecular weight excluding hydrogens is 897 g/mol. The molecule has 0 N–H and O–H groups in total. The molecule has 0 radical (unpaired) electrons. The summed E-state index contributed by atoms with van der Waals surface area (Å²) in [7, 11) is 0. The van der Waals surface area contributed by atoms with Crippen molar-refractivity contribution < 1.29 is 53.8 Å². The molecule has 9 nitrogen and oxygen atoms in total. The number of furan rings is 1. The molecule has 0 fully saturated rings. The van der Waals surface area contributed by atoms with Crippen molar-refractivity contribution in [1.82, 2.24) is 33.2 Å². The molecule has 0 aliphatic heterocycles. The molecule has 338 valence electrons. The van der Waals surface area contributed by atoms with Crippen LogP contribution >= 0.6 is 0 Å². The van der Waals surface area contributed by atoms with Crippen LogP contribution in [0.5, 0.6) is 0 Å². The lowest BCUT2D eigenvalue weighted by atomic mass is 10.1. The van der Waals surface area contributed by atoms with Gasteiger partial charge in [-0.05, 0) is 84.6 Å². The summed E-state index contributed by atoms with van der Waals surface area (Å²) in [6.07, 6.45) is 0. The predicted octanol–water partition coefficient (Wildman–Crippen LogP) is 15.7. The number of hydrogen-bond acceptors (Lipinski definition) is 5. The van der Waals surface area contributed by atoms with E-state index >= 15 is 0 Å². The normalized spacial score (nSPS) is 19.0. The van der Waals surface area contributed by atoms with Crippen LogP contribution in [-0.2, 0) is 0 Å². The maximum atomic E-state index is 10.6. The second-order valence-electron chi connectivity index (χ2n) is 16.0. The lowest BCUT2D eigenvalue weighted by molar-refractivity contribution is 0.669. The summed E-state index contributed by atoms with van der Waals surface area (Å²) < 4.78 is 348. The summed E-state index contributed by atoms with van der Waals surface area (Å²) in [5, 5.41) is 3.64. The quantitative estimate of drug-likeness (QED) is 0.171. The van der Waals surface area contributed by atoms with Crippen molar-refractivity contribution >= 4 is 109 Å². The van der Waals surface area contributed by atoms with Crippen LogP contribution in [0, 0.1) is 11.3 Å². The van der Waals surface area contributed by atoms with E-state index in [1.165, 1.54) is 0 Å². The Morgan fingerprint density at radius 2 is 0.808 bits per heavy atom. The maximum absolute atomic E-state index is 10.6. The van der Waals surface area contributed by atoms with E-state index in [0.717, 1.165) is 0 Å². The molecule has 0 saturated heterocycles. The van der Waals surface area contributed by atoms with Gasteiger partial charge in [-0.1, -0.05) is 133 Å². The molecule has 73 heavy (non-hydrogen) atoms. The second kappa shape index (κ2) is 14.9. The fourth-order valence-electron chi connectivity index (χ4n) is 9.47. The fraction of sp³-hybridized carbons (Fsp3) is 0. The third-order valence-electron chi connectivity index (χ3n) is 12.3. The number of rotatable bonds is 5. The van der Waals surface area contributed by atoms with Gasteiger partial charge < -0.3 is 13.6 Å². The van der Waals surface area contributed by atoms with Gasteiger partial charge in [-0.15, -0.1) is 0 Å². The summed E-state index contributed by atoms with van der Waals surface area (Å²) in [6.45, 7) is 0. The van der Waals surface area contributed by atoms with Gasteiger partial charge in [0.25, 0.3) is 0 Å². The SMILES string of the molecule is [2H]c1c([2H])c(-n2c3c([2H])c([2H])c([2H])c([2H])c3c3c([2H])c(C#N)c([2H])c([2H])c32)c(-c2nc(-n3c4c([2H])c([2H])c([2H])c([2H])c4c4c([2H])c([2H])c([2H])c([2H])c43)nc(-n3c4c([2H])c([2H])c([2H])c([2H])c4c4c([2H])c([2H])c([2H])c([2H])c43)n2)c(-n2c3c([2H])c([2H])c([2H])c([2H])c3c3c([2H])c([2H])c4oc5c([2H])c([2H])c([2H])c([2H])c5c4c32)c1[2H]. The first-order chi connectivity index (χ1) is 51.2. The van der Waals surface area contributed by atoms with Gasteiger partial charge >= 0.3 is 0 Å². The van der Waals surface area contributed by atoms with Crippen molar-refractivity contribution in [2.75, 3.05) is 0 Å². The average Bonchev–Trinajstić information content (AvgIpc) is 1.53. The molecule has 9 heteroatoms. The van der Waals surface area contributed by atoms with E-state index in [4.69, 9.17) is 37.2 Å². The van der Waals surface area contributed by atoms with E-state index in [1.54, 1.807) is 6.07 Å². The Kier molecular flexibility index (Phi) is 3.76. The first-order valence-electron chi connectivity index (χ1n) is 39.4. The molecule has 0 bridgehead atoms. The zero-order chi connectivity index (χ0) is 79.2. The molecule has 0 saturated carbocycles. The second-order valence-corrected chi connectivity index (χ2v) is 16.0. The molecule has 0 atom stereocenters. The lowest BCUT2D eigenvalue weighted by Gasteiger charge is -2.20. The van der Waals surface area contributed by atoms with Crippen LogP contribution in [0.3, 0.4) is 0 Å². The predicted molar refractivity (Wildman–Crippen MR) is 295 cm³/mol. The number of fused-ring (bicyclic) bond motifs is 16. The Hall–Kier alpha value is -10.3. The first-order valence-corrected chi connectivity index (χ1v) is 21.4. The maximum Gasteiger partial charge on any atom is 0.240 e. The molecule has 6 heterocycles. The van der Waals surface area contributed by atoms with Crippen molar-refractivity contribution in [1.29, 1.82) is 5.26 Å². The van der Waals surface area contributed by atoms with E-state index < -0.39 is 367 Å². The van der Waals surface area contributed by atoms with Crippen LogP contribution in [0.2, 0.25) is 0 Å². The third-order valence-corrected chi connectivity index (χ3v) is 12.3. The van der Waals surface area contributed by atoms with Gasteiger partial charge in [0, 0.05) is 48.5 Å². The van der Waals surface area contributed by atoms with Crippen molar-refractivity contribution in [2.45, 2.75) is 0 Å². The summed E-state index contributed by atoms with van der Waals surface area (Å²) in [5.41, 5.74) is -12.6. The van der Waals surface area contributed by atoms with Crippen LogP contribution in [0.15, 0.2) is 222 Å². The zero-order valence-corrected chi connectivity index (χ0v) is 36.0. The Morgan fingerprint density at radius 3 is 1.36 bits per heavy atom. The Bertz CT molecular complexity index is 6930. The highest BCUT2D eigenvalue weighted by atomic mass is 16.3. The minimum atomic E-state index is -1.34. The average molecular weight is 969 g/mol. The minimum Gasteiger partial charge on any atom is -0.456 e. The Morgan fingerprint density at radius 1 is 0.370 bits per heavy atom. The molecule has 16 rings (SSSR count). The van der Waals surface area contributed by atoms with E-state index in [9.17, 15) is 36.8 Å². The lowest BCUT2D eigenvalue weighted by Crippen LogP contribution is -2.12. The zero-order valence-electron chi connectivity index (χ0n) is 72.0. The third kappa shape index (κ3) is 5.46. The van der Waals surface area contributed by atoms with Crippen LogP contribution in [0.1, 0.15) is 54.9 Å². The monoisotopic (exact) mass is 969 g/mol. The van der Waals surface area contributed by atoms with Crippen molar-refractivity contribution in [3.05, 3.63) is 223 Å². The fourth-order valence-corrected chi connectivity index (χ4v) is 9.47. The highest BCUT2D eigenvalue weighted by Gasteiger charge is 2.28. The molecule has 0 aliphatic carbocycles. The number of hydrogen-bond donors (Lipinski definition) is 0. The number of para-hydroxylation sites is 7. The van der Waals surface area contributed by atoms with Gasteiger partial charge in [-0.25, -0.2) is 0 Å². The molecule has 10 aromatic carbocycles. The molecule has 0 amide bonds. The summed E-state index contributed by atoms with van der Waals surface area (Å²) >= 11 is 0.